The van der Waals surface area contributed by atoms with Gasteiger partial charge in [0.2, 0.25) is 0 Å². The number of aryl methyl sites for hydroxylation is 2. The minimum absolute atomic E-state index is 0.0701. The fourth-order valence-corrected chi connectivity index (χ4v) is 2.58. The van der Waals surface area contributed by atoms with Crippen molar-refractivity contribution in [1.82, 2.24) is 0 Å². The van der Waals surface area contributed by atoms with Crippen LogP contribution in [0.15, 0.2) is 34.5 Å². The van der Waals surface area contributed by atoms with E-state index in [1.54, 1.807) is 6.08 Å². The van der Waals surface area contributed by atoms with Crippen LogP contribution >= 0.6 is 0 Å². The molecule has 0 unspecified atom stereocenters. The fraction of sp³-hybridized carbons (Fsp3) is 0.200. The highest BCUT2D eigenvalue weighted by Gasteiger charge is 2.28. The Kier molecular flexibility index (Phi) is 1.96. The van der Waals surface area contributed by atoms with Crippen molar-refractivity contribution in [2.24, 2.45) is 4.99 Å². The lowest BCUT2D eigenvalue weighted by Crippen LogP contribution is -2.14. The maximum atomic E-state index is 11.9. The van der Waals surface area contributed by atoms with Gasteiger partial charge in [-0.25, -0.2) is 0 Å². The van der Waals surface area contributed by atoms with Gasteiger partial charge in [0.05, 0.1) is 5.71 Å². The van der Waals surface area contributed by atoms with Crippen molar-refractivity contribution in [3.8, 4) is 0 Å². The van der Waals surface area contributed by atoms with E-state index in [4.69, 9.17) is 0 Å². The van der Waals surface area contributed by atoms with Crippen LogP contribution in [0.5, 0.6) is 0 Å². The highest BCUT2D eigenvalue weighted by Crippen LogP contribution is 2.32. The Balaban J connectivity index is 2.30. The van der Waals surface area contributed by atoms with Crippen molar-refractivity contribution >= 4 is 17.6 Å². The summed E-state index contributed by atoms with van der Waals surface area (Å²) in [5, 5.41) is 0. The smallest absolute Gasteiger partial charge is 0.189 e. The Hall–Kier alpha value is -1.96. The lowest BCUT2D eigenvalue weighted by Gasteiger charge is -2.11. The Labute approximate surface area is 100 Å². The molecule has 0 atom stereocenters. The standard InChI is InChI=1S/C15H13NO/c1-8-4-9(2)14-11(5-8)7-12-13(17)6-10(3)16-15(12)14/h4-7H,1-3H3. The molecule has 0 saturated carbocycles. The first-order chi connectivity index (χ1) is 8.06. The summed E-state index contributed by atoms with van der Waals surface area (Å²) in [6.45, 7) is 6.01. The normalized spacial score (nSPS) is 17.1. The fourth-order valence-electron chi connectivity index (χ4n) is 2.58. The second-order valence-electron chi connectivity index (χ2n) is 4.71. The summed E-state index contributed by atoms with van der Waals surface area (Å²) in [6, 6.07) is 4.25. The van der Waals surface area contributed by atoms with Gasteiger partial charge in [-0.3, -0.25) is 9.79 Å². The van der Waals surface area contributed by atoms with Crippen LogP contribution in [0.1, 0.15) is 29.2 Å². The molecule has 17 heavy (non-hydrogen) atoms. The molecule has 1 aromatic carbocycles. The lowest BCUT2D eigenvalue weighted by atomic mass is 9.97. The molecule has 1 heterocycles. The summed E-state index contributed by atoms with van der Waals surface area (Å²) < 4.78 is 0. The van der Waals surface area contributed by atoms with E-state index in [0.29, 0.717) is 0 Å². The first-order valence-corrected chi connectivity index (χ1v) is 5.71. The molecule has 1 aliphatic carbocycles. The van der Waals surface area contributed by atoms with Crippen LogP contribution in [0.4, 0.5) is 0 Å². The molecule has 1 aromatic rings. The van der Waals surface area contributed by atoms with Crippen LogP contribution < -0.4 is 0 Å². The predicted octanol–water partition coefficient (Wildman–Crippen LogP) is 2.98. The third kappa shape index (κ3) is 1.41. The van der Waals surface area contributed by atoms with E-state index < -0.39 is 0 Å². The van der Waals surface area contributed by atoms with Gasteiger partial charge in [0, 0.05) is 22.9 Å². The van der Waals surface area contributed by atoms with Gasteiger partial charge in [-0.15, -0.1) is 0 Å². The van der Waals surface area contributed by atoms with Crippen LogP contribution in [-0.2, 0) is 4.79 Å². The maximum absolute atomic E-state index is 11.9. The number of hydrogen-bond donors (Lipinski definition) is 0. The molecular weight excluding hydrogens is 210 g/mol. The molecule has 0 fully saturated rings. The first kappa shape index (κ1) is 10.2. The van der Waals surface area contributed by atoms with Crippen LogP contribution in [0.2, 0.25) is 0 Å². The minimum Gasteiger partial charge on any atom is -0.289 e. The van der Waals surface area contributed by atoms with Crippen LogP contribution in [-0.4, -0.2) is 11.5 Å². The first-order valence-electron chi connectivity index (χ1n) is 5.71. The molecule has 0 amide bonds. The van der Waals surface area contributed by atoms with Gasteiger partial charge in [-0.05, 0) is 38.0 Å². The summed E-state index contributed by atoms with van der Waals surface area (Å²) in [5.41, 5.74) is 7.01. The number of rotatable bonds is 0. The highest BCUT2D eigenvalue weighted by atomic mass is 16.1. The van der Waals surface area contributed by atoms with Crippen molar-refractivity contribution in [1.29, 1.82) is 0 Å². The number of nitrogens with zero attached hydrogens (tertiary/aromatic N) is 1. The van der Waals surface area contributed by atoms with E-state index in [0.717, 1.165) is 28.1 Å². The molecule has 84 valence electrons. The van der Waals surface area contributed by atoms with Crippen molar-refractivity contribution in [2.75, 3.05) is 0 Å². The second kappa shape index (κ2) is 3.27. The molecule has 2 aliphatic rings. The second-order valence-corrected chi connectivity index (χ2v) is 4.71. The summed E-state index contributed by atoms with van der Waals surface area (Å²) in [7, 11) is 0. The van der Waals surface area contributed by atoms with Crippen molar-refractivity contribution in [3.05, 3.63) is 51.7 Å². The largest absolute Gasteiger partial charge is 0.289 e. The number of ketones is 1. The van der Waals surface area contributed by atoms with E-state index >= 15 is 0 Å². The topological polar surface area (TPSA) is 29.4 Å². The number of carbonyl (C=O) groups is 1. The third-order valence-corrected chi connectivity index (χ3v) is 3.20. The molecule has 2 nitrogen and oxygen atoms in total. The summed E-state index contributed by atoms with van der Waals surface area (Å²) in [5.74, 6) is 0.0701. The monoisotopic (exact) mass is 223 g/mol. The average Bonchev–Trinajstić information content (AvgIpc) is 2.56. The van der Waals surface area contributed by atoms with Gasteiger partial charge in [0.15, 0.2) is 5.78 Å². The van der Waals surface area contributed by atoms with Gasteiger partial charge >= 0.3 is 0 Å². The van der Waals surface area contributed by atoms with Crippen molar-refractivity contribution in [3.63, 3.8) is 0 Å². The van der Waals surface area contributed by atoms with E-state index in [1.807, 2.05) is 13.0 Å². The average molecular weight is 223 g/mol. The number of hydrogen-bond acceptors (Lipinski definition) is 2. The van der Waals surface area contributed by atoms with Gasteiger partial charge < -0.3 is 0 Å². The van der Waals surface area contributed by atoms with E-state index in [2.05, 4.69) is 31.0 Å². The summed E-state index contributed by atoms with van der Waals surface area (Å²) in [6.07, 6.45) is 3.56. The van der Waals surface area contributed by atoms with Gasteiger partial charge in [-0.1, -0.05) is 17.7 Å². The van der Waals surface area contributed by atoms with Crippen LogP contribution in [0.25, 0.3) is 6.08 Å². The quantitative estimate of drug-likeness (QED) is 0.664. The Morgan fingerprint density at radius 2 is 1.82 bits per heavy atom. The van der Waals surface area contributed by atoms with E-state index in [1.165, 1.54) is 11.1 Å². The number of carbonyl (C=O) groups excluding carboxylic acids is 1. The molecule has 0 radical (unpaired) electrons. The molecular formula is C15H13NO. The number of fused-ring (bicyclic) bond motifs is 3. The Bertz CT molecular complexity index is 645. The number of benzene rings is 1. The number of aliphatic imine (C=N–C) groups is 1. The zero-order valence-electron chi connectivity index (χ0n) is 10.2. The third-order valence-electron chi connectivity index (χ3n) is 3.20. The maximum Gasteiger partial charge on any atom is 0.189 e. The zero-order valence-corrected chi connectivity index (χ0v) is 10.2. The molecule has 0 saturated heterocycles. The predicted molar refractivity (Wildman–Crippen MR) is 69.2 cm³/mol. The molecule has 0 aromatic heterocycles. The van der Waals surface area contributed by atoms with Gasteiger partial charge in [0.1, 0.15) is 0 Å². The SMILES string of the molecule is CC1=CC(=O)C2=Cc3cc(C)cc(C)c3C2=N1. The summed E-state index contributed by atoms with van der Waals surface area (Å²) >= 11 is 0. The Morgan fingerprint density at radius 3 is 2.59 bits per heavy atom. The van der Waals surface area contributed by atoms with Crippen LogP contribution in [0.3, 0.4) is 0 Å². The number of allylic oxidation sites excluding steroid dienone is 3. The molecule has 0 N–H and O–H groups in total. The lowest BCUT2D eigenvalue weighted by molar-refractivity contribution is -0.110. The minimum atomic E-state index is 0.0701. The molecule has 2 heteroatoms. The molecule has 0 spiro atoms. The van der Waals surface area contributed by atoms with Gasteiger partial charge in [-0.2, -0.15) is 0 Å². The highest BCUT2D eigenvalue weighted by molar-refractivity contribution is 6.38. The Morgan fingerprint density at radius 1 is 1.06 bits per heavy atom. The molecule has 3 rings (SSSR count). The van der Waals surface area contributed by atoms with E-state index in [-0.39, 0.29) is 5.78 Å². The van der Waals surface area contributed by atoms with Crippen molar-refractivity contribution < 1.29 is 4.79 Å². The van der Waals surface area contributed by atoms with Crippen molar-refractivity contribution in [2.45, 2.75) is 20.8 Å². The van der Waals surface area contributed by atoms with Gasteiger partial charge in [0.25, 0.3) is 0 Å². The van der Waals surface area contributed by atoms with E-state index in [9.17, 15) is 4.79 Å². The molecule has 0 bridgehead atoms. The summed E-state index contributed by atoms with van der Waals surface area (Å²) in [4.78, 5) is 16.4. The molecule has 1 aliphatic heterocycles. The zero-order chi connectivity index (χ0) is 12.2. The van der Waals surface area contributed by atoms with Crippen LogP contribution in [0, 0.1) is 13.8 Å².